The van der Waals surface area contributed by atoms with E-state index in [0.29, 0.717) is 19.7 Å². The number of aryl methyl sites for hydroxylation is 2. The first-order valence-electron chi connectivity index (χ1n) is 8.47. The highest BCUT2D eigenvalue weighted by molar-refractivity contribution is 5.75. The zero-order valence-electron chi connectivity index (χ0n) is 14.8. The van der Waals surface area contributed by atoms with E-state index in [1.165, 1.54) is 0 Å². The van der Waals surface area contributed by atoms with Gasteiger partial charge in [-0.15, -0.1) is 0 Å². The third kappa shape index (κ3) is 3.96. The minimum Gasteiger partial charge on any atom is -0.508 e. The fourth-order valence-corrected chi connectivity index (χ4v) is 3.20. The van der Waals surface area contributed by atoms with Gasteiger partial charge in [-0.2, -0.15) is 0 Å². The quantitative estimate of drug-likeness (QED) is 0.894. The predicted molar refractivity (Wildman–Crippen MR) is 93.5 cm³/mol. The van der Waals surface area contributed by atoms with Gasteiger partial charge < -0.3 is 24.5 Å². The molecule has 2 aromatic rings. The first kappa shape index (κ1) is 17.4. The van der Waals surface area contributed by atoms with E-state index in [0.717, 1.165) is 22.6 Å². The van der Waals surface area contributed by atoms with Crippen LogP contribution in [0.5, 0.6) is 5.75 Å². The molecule has 3 rings (SSSR count). The predicted octanol–water partition coefficient (Wildman–Crippen LogP) is 3.45. The molecule has 1 saturated heterocycles. The number of carbonyl (C=O) groups is 1. The van der Waals surface area contributed by atoms with Crippen molar-refractivity contribution in [3.8, 4) is 5.75 Å². The van der Waals surface area contributed by atoms with Crippen molar-refractivity contribution in [1.82, 2.24) is 10.2 Å². The first-order valence-corrected chi connectivity index (χ1v) is 8.47. The number of aromatic hydroxyl groups is 1. The summed E-state index contributed by atoms with van der Waals surface area (Å²) in [5.41, 5.74) is 1.86. The highest BCUT2D eigenvalue weighted by Crippen LogP contribution is 2.26. The molecule has 2 heterocycles. The van der Waals surface area contributed by atoms with Crippen LogP contribution in [-0.2, 0) is 4.74 Å². The summed E-state index contributed by atoms with van der Waals surface area (Å²) in [6.07, 6.45) is -0.236. The number of ether oxygens (including phenoxy) is 1. The van der Waals surface area contributed by atoms with E-state index >= 15 is 0 Å². The number of furan rings is 1. The van der Waals surface area contributed by atoms with Gasteiger partial charge in [0.05, 0.1) is 19.2 Å². The largest absolute Gasteiger partial charge is 0.508 e. The number of nitrogens with one attached hydrogen (secondary N) is 1. The Morgan fingerprint density at radius 2 is 2.16 bits per heavy atom. The molecule has 2 amide bonds. The zero-order chi connectivity index (χ0) is 18.0. The van der Waals surface area contributed by atoms with Gasteiger partial charge in [-0.3, -0.25) is 0 Å². The van der Waals surface area contributed by atoms with Crippen molar-refractivity contribution in [2.45, 2.75) is 32.9 Å². The van der Waals surface area contributed by atoms with E-state index in [1.807, 2.05) is 32.9 Å². The van der Waals surface area contributed by atoms with Crippen molar-refractivity contribution in [1.29, 1.82) is 0 Å². The second-order valence-corrected chi connectivity index (χ2v) is 6.44. The number of rotatable bonds is 3. The Labute approximate surface area is 147 Å². The Morgan fingerprint density at radius 3 is 2.84 bits per heavy atom. The average molecular weight is 344 g/mol. The Kier molecular flexibility index (Phi) is 4.99. The molecule has 6 nitrogen and oxygen atoms in total. The van der Waals surface area contributed by atoms with Crippen molar-refractivity contribution in [2.75, 3.05) is 19.7 Å². The van der Waals surface area contributed by atoms with Gasteiger partial charge in [0.15, 0.2) is 0 Å². The van der Waals surface area contributed by atoms with Gasteiger partial charge in [0, 0.05) is 12.1 Å². The maximum absolute atomic E-state index is 12.6. The fourth-order valence-electron chi connectivity index (χ4n) is 3.20. The molecule has 1 aromatic heterocycles. The summed E-state index contributed by atoms with van der Waals surface area (Å²) >= 11 is 0. The van der Waals surface area contributed by atoms with Crippen molar-refractivity contribution < 1.29 is 19.1 Å². The molecule has 0 aliphatic carbocycles. The normalized spacial score (nSPS) is 18.8. The molecule has 1 aliphatic heterocycles. The molecule has 134 valence electrons. The second-order valence-electron chi connectivity index (χ2n) is 6.44. The summed E-state index contributed by atoms with van der Waals surface area (Å²) < 4.78 is 11.3. The van der Waals surface area contributed by atoms with Crippen LogP contribution in [0, 0.1) is 13.8 Å². The Balaban J connectivity index is 1.65. The van der Waals surface area contributed by atoms with Crippen molar-refractivity contribution in [3.05, 3.63) is 53.0 Å². The number of hydrogen-bond acceptors (Lipinski definition) is 4. The minimum absolute atomic E-state index is 0.126. The number of benzene rings is 1. The lowest BCUT2D eigenvalue weighted by Gasteiger charge is -2.34. The fraction of sp³-hybridized carbons (Fsp3) is 0.421. The molecule has 0 radical (unpaired) electrons. The van der Waals surface area contributed by atoms with Gasteiger partial charge in [0.25, 0.3) is 0 Å². The standard InChI is InChI=1S/C19H24N2O4/c1-12-9-17(14(3)25-12)13(2)20-19(23)21-7-8-24-18(11-21)15-5-4-6-16(22)10-15/h4-6,9-10,13,18,22H,7-8,11H2,1-3H3,(H,20,23)/t13-,18+/m0/s1. The van der Waals surface area contributed by atoms with Crippen LogP contribution in [0.2, 0.25) is 0 Å². The number of amides is 2. The van der Waals surface area contributed by atoms with Gasteiger partial charge in [0.1, 0.15) is 23.4 Å². The lowest BCUT2D eigenvalue weighted by Crippen LogP contribution is -2.47. The topological polar surface area (TPSA) is 74.9 Å². The number of hydrogen-bond donors (Lipinski definition) is 2. The summed E-state index contributed by atoms with van der Waals surface area (Å²) in [6.45, 7) is 7.20. The number of phenols is 1. The molecule has 0 bridgehead atoms. The molecule has 1 fully saturated rings. The Hall–Kier alpha value is -2.47. The van der Waals surface area contributed by atoms with Crippen LogP contribution in [-0.4, -0.2) is 35.7 Å². The van der Waals surface area contributed by atoms with Crippen molar-refractivity contribution in [2.24, 2.45) is 0 Å². The number of phenolic OH excluding ortho intramolecular Hbond substituents is 1. The Morgan fingerprint density at radius 1 is 1.36 bits per heavy atom. The van der Waals surface area contributed by atoms with Gasteiger partial charge in [-0.25, -0.2) is 4.79 Å². The van der Waals surface area contributed by atoms with Crippen LogP contribution in [0.1, 0.15) is 41.7 Å². The first-order chi connectivity index (χ1) is 11.9. The van der Waals surface area contributed by atoms with Crippen LogP contribution < -0.4 is 5.32 Å². The molecule has 2 N–H and O–H groups in total. The molecule has 0 unspecified atom stereocenters. The van der Waals surface area contributed by atoms with Gasteiger partial charge in [-0.05, 0) is 44.5 Å². The molecule has 6 heteroatoms. The number of nitrogens with zero attached hydrogens (tertiary/aromatic N) is 1. The van der Waals surface area contributed by atoms with E-state index in [2.05, 4.69) is 5.32 Å². The van der Waals surface area contributed by atoms with Gasteiger partial charge >= 0.3 is 6.03 Å². The number of morpholine rings is 1. The van der Waals surface area contributed by atoms with Crippen LogP contribution in [0.4, 0.5) is 4.79 Å². The van der Waals surface area contributed by atoms with Crippen LogP contribution >= 0.6 is 0 Å². The molecule has 1 aliphatic rings. The molecular weight excluding hydrogens is 320 g/mol. The van der Waals surface area contributed by atoms with E-state index in [-0.39, 0.29) is 23.9 Å². The highest BCUT2D eigenvalue weighted by Gasteiger charge is 2.27. The van der Waals surface area contributed by atoms with Crippen LogP contribution in [0.3, 0.4) is 0 Å². The highest BCUT2D eigenvalue weighted by atomic mass is 16.5. The molecule has 0 saturated carbocycles. The third-order valence-electron chi connectivity index (χ3n) is 4.48. The number of urea groups is 1. The maximum Gasteiger partial charge on any atom is 0.318 e. The second kappa shape index (κ2) is 7.19. The summed E-state index contributed by atoms with van der Waals surface area (Å²) in [6, 6.07) is 8.66. The van der Waals surface area contributed by atoms with E-state index in [4.69, 9.17) is 9.15 Å². The minimum atomic E-state index is -0.236. The van der Waals surface area contributed by atoms with E-state index < -0.39 is 0 Å². The molecule has 2 atom stereocenters. The molecule has 25 heavy (non-hydrogen) atoms. The van der Waals surface area contributed by atoms with Crippen LogP contribution in [0.25, 0.3) is 0 Å². The lowest BCUT2D eigenvalue weighted by atomic mass is 10.1. The molecule has 0 spiro atoms. The summed E-state index contributed by atoms with van der Waals surface area (Å²) in [5, 5.41) is 12.7. The van der Waals surface area contributed by atoms with E-state index in [1.54, 1.807) is 23.1 Å². The average Bonchev–Trinajstić information content (AvgIpc) is 2.93. The van der Waals surface area contributed by atoms with Crippen molar-refractivity contribution >= 4 is 6.03 Å². The summed E-state index contributed by atoms with van der Waals surface area (Å²) in [5.74, 6) is 1.86. The SMILES string of the molecule is Cc1cc([C@H](C)NC(=O)N2CCO[C@@H](c3cccc(O)c3)C2)c(C)o1. The molecular formula is C19H24N2O4. The third-order valence-corrected chi connectivity index (χ3v) is 4.48. The van der Waals surface area contributed by atoms with Crippen LogP contribution in [0.15, 0.2) is 34.7 Å². The Bertz CT molecular complexity index is 756. The van der Waals surface area contributed by atoms with E-state index in [9.17, 15) is 9.90 Å². The smallest absolute Gasteiger partial charge is 0.318 e. The van der Waals surface area contributed by atoms with Gasteiger partial charge in [0.2, 0.25) is 0 Å². The monoisotopic (exact) mass is 344 g/mol. The lowest BCUT2D eigenvalue weighted by molar-refractivity contribution is -0.0158. The van der Waals surface area contributed by atoms with Gasteiger partial charge in [-0.1, -0.05) is 12.1 Å². The molecule has 1 aromatic carbocycles. The zero-order valence-corrected chi connectivity index (χ0v) is 14.8. The summed E-state index contributed by atoms with van der Waals surface area (Å²) in [4.78, 5) is 14.4. The maximum atomic E-state index is 12.6. The number of carbonyl (C=O) groups excluding carboxylic acids is 1. The summed E-state index contributed by atoms with van der Waals surface area (Å²) in [7, 11) is 0. The van der Waals surface area contributed by atoms with Crippen molar-refractivity contribution in [3.63, 3.8) is 0 Å².